The number of nitrogens with zero attached hydrogens (tertiary/aromatic N) is 1. The van der Waals surface area contributed by atoms with Crippen LogP contribution in [0.3, 0.4) is 0 Å². The number of guanidine groups is 1. The second-order valence-corrected chi connectivity index (χ2v) is 5.89. The van der Waals surface area contributed by atoms with Crippen LogP contribution in [0.4, 0.5) is 0 Å². The van der Waals surface area contributed by atoms with E-state index in [9.17, 15) is 4.79 Å². The Morgan fingerprint density at radius 1 is 0.905 bits per heavy atom. The number of rotatable bonds is 13. The number of carbonyl (C=O) groups is 1. The van der Waals surface area contributed by atoms with Gasteiger partial charge in [0, 0.05) is 6.42 Å². The van der Waals surface area contributed by atoms with Crippen LogP contribution in [-0.4, -0.2) is 42.3 Å². The maximum Gasteiger partial charge on any atom is 0.342 e. The molecule has 0 unspecified atom stereocenters. The first-order valence-corrected chi connectivity index (χ1v) is 8.29. The molecule has 0 aliphatic carbocycles. The van der Waals surface area contributed by atoms with Crippen molar-refractivity contribution in [1.29, 1.82) is 0 Å². The average molecular weight is 300 g/mol. The Morgan fingerprint density at radius 3 is 1.76 bits per heavy atom. The summed E-state index contributed by atoms with van der Waals surface area (Å²) < 4.78 is 1.89. The smallest absolute Gasteiger partial charge is 0.342 e. The highest BCUT2D eigenvalue weighted by Crippen LogP contribution is 2.11. The van der Waals surface area contributed by atoms with Gasteiger partial charge in [0.1, 0.15) is 0 Å². The van der Waals surface area contributed by atoms with Crippen molar-refractivity contribution in [3.8, 4) is 0 Å². The zero-order valence-electron chi connectivity index (χ0n) is 13.9. The normalized spacial score (nSPS) is 10.4. The molecule has 0 amide bonds. The lowest BCUT2D eigenvalue weighted by Gasteiger charge is -2.03. The molecule has 0 aromatic heterocycles. The van der Waals surface area contributed by atoms with E-state index >= 15 is 0 Å². The van der Waals surface area contributed by atoms with E-state index in [1.54, 1.807) is 0 Å². The summed E-state index contributed by atoms with van der Waals surface area (Å²) >= 11 is 0. The second kappa shape index (κ2) is 13.7. The summed E-state index contributed by atoms with van der Waals surface area (Å²) in [4.78, 5) is 10.3. The Balaban J connectivity index is 3.13. The molecule has 0 aliphatic heterocycles. The Labute approximate surface area is 129 Å². The first-order valence-electron chi connectivity index (χ1n) is 8.29. The van der Waals surface area contributed by atoms with Crippen LogP contribution in [0.25, 0.3) is 0 Å². The first-order chi connectivity index (χ1) is 10.0. The molecule has 0 rings (SSSR count). The van der Waals surface area contributed by atoms with Crippen LogP contribution in [0.1, 0.15) is 70.6 Å². The van der Waals surface area contributed by atoms with Crippen LogP contribution in [0.15, 0.2) is 0 Å². The van der Waals surface area contributed by atoms with E-state index in [0.717, 1.165) is 25.3 Å². The summed E-state index contributed by atoms with van der Waals surface area (Å²) in [6.45, 7) is 0.952. The number of unbranched alkanes of at least 4 members (excludes halogenated alkanes) is 9. The second-order valence-electron chi connectivity index (χ2n) is 5.89. The van der Waals surface area contributed by atoms with Crippen molar-refractivity contribution >= 4 is 11.9 Å². The summed E-state index contributed by atoms with van der Waals surface area (Å²) in [7, 11) is 3.87. The van der Waals surface area contributed by atoms with Crippen LogP contribution in [0.2, 0.25) is 0 Å². The molecule has 5 heteroatoms. The Kier molecular flexibility index (Phi) is 12.9. The van der Waals surface area contributed by atoms with Gasteiger partial charge in [0.05, 0.1) is 20.6 Å². The Bertz CT molecular complexity index is 300. The molecule has 21 heavy (non-hydrogen) atoms. The van der Waals surface area contributed by atoms with Crippen molar-refractivity contribution < 1.29 is 14.5 Å². The van der Waals surface area contributed by atoms with Crippen molar-refractivity contribution in [2.45, 2.75) is 70.6 Å². The third-order valence-electron chi connectivity index (χ3n) is 3.61. The van der Waals surface area contributed by atoms with Crippen molar-refractivity contribution in [2.24, 2.45) is 5.73 Å². The summed E-state index contributed by atoms with van der Waals surface area (Å²) in [5.41, 5.74) is 5.76. The number of carboxylic acid groups (broad SMARTS) is 1. The maximum atomic E-state index is 10.3. The topological polar surface area (TPSA) is 78.4 Å². The van der Waals surface area contributed by atoms with E-state index in [1.165, 1.54) is 51.4 Å². The van der Waals surface area contributed by atoms with Crippen LogP contribution in [0.5, 0.6) is 0 Å². The van der Waals surface area contributed by atoms with Gasteiger partial charge in [0.2, 0.25) is 0 Å². The number of nitrogens with two attached hydrogens (primary N) is 1. The number of nitrogens with one attached hydrogen (secondary N) is 1. The minimum Gasteiger partial charge on any atom is -0.481 e. The highest BCUT2D eigenvalue weighted by molar-refractivity contribution is 5.72. The lowest BCUT2D eigenvalue weighted by Crippen LogP contribution is -2.38. The van der Waals surface area contributed by atoms with Gasteiger partial charge in [-0.2, -0.15) is 0 Å². The minimum atomic E-state index is -0.672. The van der Waals surface area contributed by atoms with Gasteiger partial charge in [-0.3, -0.25) is 20.4 Å². The van der Waals surface area contributed by atoms with E-state index in [2.05, 4.69) is 5.32 Å². The molecule has 4 N–H and O–H groups in total. The molecule has 0 saturated heterocycles. The van der Waals surface area contributed by atoms with Gasteiger partial charge >= 0.3 is 11.9 Å². The molecule has 0 heterocycles. The molecular weight excluding hydrogens is 266 g/mol. The Morgan fingerprint density at radius 2 is 1.33 bits per heavy atom. The molecular formula is C16H34N3O2+. The zero-order valence-corrected chi connectivity index (χ0v) is 13.9. The van der Waals surface area contributed by atoms with Crippen molar-refractivity contribution in [3.63, 3.8) is 0 Å². The lowest BCUT2D eigenvalue weighted by molar-refractivity contribution is -0.467. The highest BCUT2D eigenvalue weighted by atomic mass is 16.4. The quantitative estimate of drug-likeness (QED) is 0.211. The molecule has 0 aromatic carbocycles. The van der Waals surface area contributed by atoms with Crippen LogP contribution >= 0.6 is 0 Å². The Hall–Kier alpha value is -1.26. The van der Waals surface area contributed by atoms with Crippen LogP contribution in [0, 0.1) is 0 Å². The molecule has 0 aliphatic rings. The molecule has 0 bridgehead atoms. The minimum absolute atomic E-state index is 0.323. The molecule has 0 atom stereocenters. The first kappa shape index (κ1) is 19.7. The third-order valence-corrected chi connectivity index (χ3v) is 3.61. The number of carboxylic acids is 1. The van der Waals surface area contributed by atoms with Gasteiger partial charge < -0.3 is 5.11 Å². The fourth-order valence-corrected chi connectivity index (χ4v) is 2.19. The van der Waals surface area contributed by atoms with Gasteiger partial charge in [-0.15, -0.1) is 0 Å². The molecule has 124 valence electrons. The number of hydrogen-bond acceptors (Lipinski definition) is 1. The monoisotopic (exact) mass is 300 g/mol. The van der Waals surface area contributed by atoms with Crippen LogP contribution < -0.4 is 11.1 Å². The van der Waals surface area contributed by atoms with Gasteiger partial charge in [0.15, 0.2) is 0 Å². The predicted octanol–water partition coefficient (Wildman–Crippen LogP) is 2.54. The van der Waals surface area contributed by atoms with E-state index in [0.29, 0.717) is 6.42 Å². The summed E-state index contributed by atoms with van der Waals surface area (Å²) in [6, 6.07) is 0. The van der Waals surface area contributed by atoms with Gasteiger partial charge in [-0.25, -0.2) is 0 Å². The zero-order chi connectivity index (χ0) is 15.9. The summed E-state index contributed by atoms with van der Waals surface area (Å²) in [5, 5.41) is 11.7. The molecule has 0 saturated carbocycles. The van der Waals surface area contributed by atoms with Gasteiger partial charge in [-0.05, 0) is 12.8 Å². The van der Waals surface area contributed by atoms with Crippen molar-refractivity contribution in [2.75, 3.05) is 20.6 Å². The van der Waals surface area contributed by atoms with Gasteiger partial charge in [-0.1, -0.05) is 51.4 Å². The van der Waals surface area contributed by atoms with E-state index < -0.39 is 5.97 Å². The van der Waals surface area contributed by atoms with Crippen molar-refractivity contribution in [1.82, 2.24) is 5.32 Å². The fourth-order valence-electron chi connectivity index (χ4n) is 2.19. The standard InChI is InChI=1S/C16H33N3O2/c1-19(2)16(17)18-14-12-10-8-6-4-3-5-7-9-11-13-15(20)21/h3-14H2,1-2H3,(H3,17,18,20,21)/p+1. The fraction of sp³-hybridized carbons (Fsp3) is 0.875. The maximum absolute atomic E-state index is 10.3. The number of hydrogen-bond donors (Lipinski definition) is 3. The molecule has 5 nitrogen and oxygen atoms in total. The van der Waals surface area contributed by atoms with Crippen molar-refractivity contribution in [3.05, 3.63) is 0 Å². The van der Waals surface area contributed by atoms with Crippen LogP contribution in [-0.2, 0) is 4.79 Å². The van der Waals surface area contributed by atoms with Gasteiger partial charge in [0.25, 0.3) is 0 Å². The highest BCUT2D eigenvalue weighted by Gasteiger charge is 1.99. The van der Waals surface area contributed by atoms with E-state index in [1.807, 2.05) is 18.7 Å². The molecule has 0 radical (unpaired) electrons. The van der Waals surface area contributed by atoms with E-state index in [4.69, 9.17) is 10.8 Å². The van der Waals surface area contributed by atoms with E-state index in [-0.39, 0.29) is 0 Å². The number of aliphatic carboxylic acids is 1. The summed E-state index contributed by atoms with van der Waals surface area (Å²) in [5.74, 6) is 0.0623. The third kappa shape index (κ3) is 15.0. The predicted molar refractivity (Wildman–Crippen MR) is 87.7 cm³/mol. The lowest BCUT2D eigenvalue weighted by atomic mass is 10.1. The molecule has 0 aromatic rings. The SMILES string of the molecule is C[N+](C)=C(N)NCCCCCCCCCCCCC(=O)O. The average Bonchev–Trinajstić information content (AvgIpc) is 2.43. The summed E-state index contributed by atoms with van der Waals surface area (Å²) in [6.07, 6.45) is 12.2. The molecule has 0 fully saturated rings. The molecule has 0 spiro atoms. The largest absolute Gasteiger partial charge is 0.481 e.